The van der Waals surface area contributed by atoms with E-state index in [-0.39, 0.29) is 0 Å². The monoisotopic (exact) mass is 264 g/mol. The third kappa shape index (κ3) is 2.23. The van der Waals surface area contributed by atoms with Crippen LogP contribution in [0, 0.1) is 0 Å². The minimum atomic E-state index is 0.298. The van der Waals surface area contributed by atoms with E-state index < -0.39 is 0 Å². The summed E-state index contributed by atoms with van der Waals surface area (Å²) in [7, 11) is 0. The van der Waals surface area contributed by atoms with Gasteiger partial charge in [0.2, 0.25) is 17.9 Å². The van der Waals surface area contributed by atoms with Crippen LogP contribution in [0.2, 0.25) is 0 Å². The minimum Gasteiger partial charge on any atom is -0.416 e. The van der Waals surface area contributed by atoms with Gasteiger partial charge in [-0.2, -0.15) is 4.99 Å². The van der Waals surface area contributed by atoms with E-state index in [4.69, 9.17) is 4.42 Å². The van der Waals surface area contributed by atoms with Gasteiger partial charge >= 0.3 is 0 Å². The summed E-state index contributed by atoms with van der Waals surface area (Å²) in [5.41, 5.74) is 1.80. The van der Waals surface area contributed by atoms with Gasteiger partial charge in [0, 0.05) is 18.0 Å². The van der Waals surface area contributed by atoms with Crippen LogP contribution in [-0.2, 0) is 4.79 Å². The summed E-state index contributed by atoms with van der Waals surface area (Å²) in [6.45, 7) is 0. The number of benzene rings is 1. The fraction of sp³-hybridized carbons (Fsp3) is 0. The lowest BCUT2D eigenvalue weighted by atomic mass is 10.2. The van der Waals surface area contributed by atoms with Gasteiger partial charge in [0.15, 0.2) is 0 Å². The zero-order valence-electron chi connectivity index (χ0n) is 10.2. The lowest BCUT2D eigenvalue weighted by Gasteiger charge is -1.98. The van der Waals surface area contributed by atoms with Crippen LogP contribution in [0.5, 0.6) is 0 Å². The van der Waals surface area contributed by atoms with Crippen LogP contribution in [0.1, 0.15) is 0 Å². The van der Waals surface area contributed by atoms with E-state index in [1.165, 1.54) is 6.08 Å². The molecule has 0 fully saturated rings. The van der Waals surface area contributed by atoms with E-state index in [2.05, 4.69) is 20.2 Å². The maximum Gasteiger partial charge on any atom is 0.250 e. The van der Waals surface area contributed by atoms with E-state index in [1.54, 1.807) is 48.8 Å². The summed E-state index contributed by atoms with van der Waals surface area (Å²) in [5, 5.41) is 7.96. The molecule has 0 aliphatic heterocycles. The molecule has 2 heterocycles. The smallest absolute Gasteiger partial charge is 0.250 e. The van der Waals surface area contributed by atoms with Gasteiger partial charge in [-0.15, -0.1) is 10.2 Å². The molecule has 0 unspecified atom stereocenters. The number of aromatic nitrogens is 3. The molecule has 0 bridgehead atoms. The van der Waals surface area contributed by atoms with Crippen LogP contribution in [0.15, 0.2) is 58.2 Å². The molecule has 1 aromatic carbocycles. The Bertz CT molecular complexity index is 777. The molecule has 0 amide bonds. The predicted molar refractivity (Wildman–Crippen MR) is 70.7 cm³/mol. The summed E-state index contributed by atoms with van der Waals surface area (Å²) in [4.78, 5) is 18.0. The fourth-order valence-electron chi connectivity index (χ4n) is 1.74. The average Bonchev–Trinajstić information content (AvgIpc) is 2.99. The molecule has 3 aromatic rings. The van der Waals surface area contributed by atoms with Crippen molar-refractivity contribution >= 4 is 11.8 Å². The van der Waals surface area contributed by atoms with Crippen molar-refractivity contribution in [3.63, 3.8) is 0 Å². The van der Waals surface area contributed by atoms with Gasteiger partial charge in [-0.25, -0.2) is 4.79 Å². The van der Waals surface area contributed by atoms with Crippen LogP contribution in [-0.4, -0.2) is 21.3 Å². The topological polar surface area (TPSA) is 81.2 Å². The summed E-state index contributed by atoms with van der Waals surface area (Å²) < 4.78 is 5.60. The zero-order valence-corrected chi connectivity index (χ0v) is 10.2. The Morgan fingerprint density at radius 1 is 1.00 bits per heavy atom. The average molecular weight is 264 g/mol. The predicted octanol–water partition coefficient (Wildman–Crippen LogP) is 2.77. The lowest BCUT2D eigenvalue weighted by molar-refractivity contribution is 0.565. The maximum atomic E-state index is 10.4. The zero-order chi connectivity index (χ0) is 13.8. The van der Waals surface area contributed by atoms with Crippen molar-refractivity contribution in [2.24, 2.45) is 4.99 Å². The number of nitrogens with zero attached hydrogens (tertiary/aromatic N) is 4. The normalized spacial score (nSPS) is 10.0. The highest BCUT2D eigenvalue weighted by Crippen LogP contribution is 2.30. The van der Waals surface area contributed by atoms with E-state index in [9.17, 15) is 4.79 Å². The van der Waals surface area contributed by atoms with Crippen molar-refractivity contribution in [3.05, 3.63) is 48.8 Å². The Morgan fingerprint density at radius 3 is 2.55 bits per heavy atom. The van der Waals surface area contributed by atoms with Crippen LogP contribution >= 0.6 is 0 Å². The third-order valence-electron chi connectivity index (χ3n) is 2.65. The molecular weight excluding hydrogens is 256 g/mol. The standard InChI is InChI=1S/C14H8N4O2/c19-9-16-12-4-2-1-3-11(12)14-18-17-13(20-14)10-5-7-15-8-6-10/h1-8H. The Hall–Kier alpha value is -3.11. The Balaban J connectivity index is 2.05. The van der Waals surface area contributed by atoms with E-state index in [0.717, 1.165) is 5.56 Å². The van der Waals surface area contributed by atoms with E-state index in [0.29, 0.717) is 23.0 Å². The van der Waals surface area contributed by atoms with Gasteiger partial charge in [-0.1, -0.05) is 12.1 Å². The molecule has 2 aromatic heterocycles. The van der Waals surface area contributed by atoms with Crippen molar-refractivity contribution in [3.8, 4) is 22.9 Å². The Kier molecular flexibility index (Phi) is 3.14. The SMILES string of the molecule is O=C=Nc1ccccc1-c1nnc(-c2ccncc2)o1. The van der Waals surface area contributed by atoms with Crippen LogP contribution < -0.4 is 0 Å². The highest BCUT2D eigenvalue weighted by molar-refractivity contribution is 5.72. The second-order valence-electron chi connectivity index (χ2n) is 3.87. The first-order valence-electron chi connectivity index (χ1n) is 5.79. The lowest BCUT2D eigenvalue weighted by Crippen LogP contribution is -1.78. The Morgan fingerprint density at radius 2 is 1.75 bits per heavy atom. The molecule has 3 rings (SSSR count). The number of rotatable bonds is 3. The van der Waals surface area contributed by atoms with Crippen molar-refractivity contribution in [1.29, 1.82) is 0 Å². The first-order chi connectivity index (χ1) is 9.88. The number of aliphatic imine (C=N–C) groups is 1. The van der Waals surface area contributed by atoms with Gasteiger partial charge in [-0.3, -0.25) is 4.98 Å². The maximum absolute atomic E-state index is 10.4. The van der Waals surface area contributed by atoms with Crippen LogP contribution in [0.25, 0.3) is 22.9 Å². The van der Waals surface area contributed by atoms with Gasteiger partial charge < -0.3 is 4.42 Å². The van der Waals surface area contributed by atoms with E-state index >= 15 is 0 Å². The number of isocyanates is 1. The van der Waals surface area contributed by atoms with Crippen molar-refractivity contribution in [1.82, 2.24) is 15.2 Å². The first-order valence-corrected chi connectivity index (χ1v) is 5.79. The van der Waals surface area contributed by atoms with Crippen molar-refractivity contribution < 1.29 is 9.21 Å². The highest BCUT2D eigenvalue weighted by Gasteiger charge is 2.13. The Labute approximate surface area is 113 Å². The summed E-state index contributed by atoms with van der Waals surface area (Å²) in [5.74, 6) is 0.679. The van der Waals surface area contributed by atoms with Crippen molar-refractivity contribution in [2.45, 2.75) is 0 Å². The second kappa shape index (κ2) is 5.26. The minimum absolute atomic E-state index is 0.298. The molecule has 0 saturated heterocycles. The molecular formula is C14H8N4O2. The molecule has 0 aliphatic carbocycles. The molecule has 20 heavy (non-hydrogen) atoms. The number of hydrogen-bond donors (Lipinski definition) is 0. The fourth-order valence-corrected chi connectivity index (χ4v) is 1.74. The quantitative estimate of drug-likeness (QED) is 0.536. The number of pyridine rings is 1. The van der Waals surface area contributed by atoms with Gasteiger partial charge in [-0.05, 0) is 24.3 Å². The van der Waals surface area contributed by atoms with Crippen LogP contribution in [0.3, 0.4) is 0 Å². The molecule has 6 nitrogen and oxygen atoms in total. The second-order valence-corrected chi connectivity index (χ2v) is 3.87. The number of hydrogen-bond acceptors (Lipinski definition) is 6. The summed E-state index contributed by atoms with van der Waals surface area (Å²) in [6, 6.07) is 10.5. The summed E-state index contributed by atoms with van der Waals surface area (Å²) in [6.07, 6.45) is 4.79. The number of carbonyl (C=O) groups excluding carboxylic acids is 1. The molecule has 0 saturated carbocycles. The highest BCUT2D eigenvalue weighted by atomic mass is 16.4. The van der Waals surface area contributed by atoms with Gasteiger partial charge in [0.25, 0.3) is 0 Å². The molecule has 0 N–H and O–H groups in total. The third-order valence-corrected chi connectivity index (χ3v) is 2.65. The number of para-hydroxylation sites is 1. The largest absolute Gasteiger partial charge is 0.416 e. The first kappa shape index (κ1) is 12.0. The molecule has 6 heteroatoms. The summed E-state index contributed by atoms with van der Waals surface area (Å²) >= 11 is 0. The molecule has 0 spiro atoms. The van der Waals surface area contributed by atoms with Gasteiger partial charge in [0.05, 0.1) is 11.3 Å². The van der Waals surface area contributed by atoms with Crippen LogP contribution in [0.4, 0.5) is 5.69 Å². The molecule has 96 valence electrons. The van der Waals surface area contributed by atoms with Crippen molar-refractivity contribution in [2.75, 3.05) is 0 Å². The van der Waals surface area contributed by atoms with Gasteiger partial charge in [0.1, 0.15) is 0 Å². The molecule has 0 atom stereocenters. The molecule has 0 radical (unpaired) electrons. The molecule has 0 aliphatic rings. The van der Waals surface area contributed by atoms with E-state index in [1.807, 2.05) is 0 Å².